The van der Waals surface area contributed by atoms with Gasteiger partial charge in [0, 0.05) is 22.0 Å². The quantitative estimate of drug-likeness (QED) is 0.452. The first-order chi connectivity index (χ1) is 14.6. The van der Waals surface area contributed by atoms with Gasteiger partial charge in [-0.3, -0.25) is 0 Å². The third-order valence-electron chi connectivity index (χ3n) is 5.78. The smallest absolute Gasteiger partial charge is 0.244 e. The van der Waals surface area contributed by atoms with Crippen LogP contribution >= 0.6 is 0 Å². The zero-order valence-electron chi connectivity index (χ0n) is 20.2. The molecule has 0 aliphatic heterocycles. The van der Waals surface area contributed by atoms with Crippen LogP contribution in [0, 0.1) is 10.8 Å². The van der Waals surface area contributed by atoms with Gasteiger partial charge in [-0.2, -0.15) is 0 Å². The molecule has 0 aliphatic carbocycles. The lowest BCUT2D eigenvalue weighted by atomic mass is 9.81. The van der Waals surface area contributed by atoms with Crippen LogP contribution in [0.5, 0.6) is 11.5 Å². The molecule has 0 fully saturated rings. The van der Waals surface area contributed by atoms with Gasteiger partial charge >= 0.3 is 0 Å². The predicted octanol–water partition coefficient (Wildman–Crippen LogP) is 6.06. The molecule has 0 amide bonds. The highest BCUT2D eigenvalue weighted by molar-refractivity contribution is 5.38. The molecule has 2 aromatic carbocycles. The van der Waals surface area contributed by atoms with Crippen molar-refractivity contribution in [1.82, 2.24) is 4.57 Å². The summed E-state index contributed by atoms with van der Waals surface area (Å²) in [5.41, 5.74) is 2.36. The van der Waals surface area contributed by atoms with E-state index in [1.165, 1.54) is 11.1 Å². The summed E-state index contributed by atoms with van der Waals surface area (Å²) in [5, 5.41) is 0. The summed E-state index contributed by atoms with van der Waals surface area (Å²) in [6.45, 7) is 13.6. The maximum absolute atomic E-state index is 5.71. The Morgan fingerprint density at radius 3 is 1.77 bits per heavy atom. The molecule has 0 aliphatic rings. The predicted molar refractivity (Wildman–Crippen MR) is 126 cm³/mol. The Balaban J connectivity index is 2.14. The van der Waals surface area contributed by atoms with E-state index in [0.717, 1.165) is 11.5 Å². The van der Waals surface area contributed by atoms with Crippen LogP contribution in [0.3, 0.4) is 0 Å². The lowest BCUT2D eigenvalue weighted by molar-refractivity contribution is -0.725. The number of benzene rings is 2. The van der Waals surface area contributed by atoms with Gasteiger partial charge in [-0.25, -0.2) is 9.13 Å². The SMILES string of the molecule is COc1ccccc1C(n1cc[n+](C(c2ccccc2OC)C(C)(C)C)c1)C(C)(C)C. The Morgan fingerprint density at radius 2 is 1.26 bits per heavy atom. The van der Waals surface area contributed by atoms with Crippen LogP contribution in [-0.2, 0) is 0 Å². The molecule has 2 unspecified atom stereocenters. The van der Waals surface area contributed by atoms with E-state index in [-0.39, 0.29) is 22.9 Å². The van der Waals surface area contributed by atoms with Crippen LogP contribution in [0.15, 0.2) is 67.3 Å². The minimum Gasteiger partial charge on any atom is -0.496 e. The minimum absolute atomic E-state index is 0.00680. The monoisotopic (exact) mass is 421 g/mol. The molecule has 3 rings (SSSR count). The van der Waals surface area contributed by atoms with Crippen molar-refractivity contribution in [3.8, 4) is 11.5 Å². The fourth-order valence-corrected chi connectivity index (χ4v) is 4.62. The maximum Gasteiger partial charge on any atom is 0.244 e. The van der Waals surface area contributed by atoms with Crippen molar-refractivity contribution in [2.75, 3.05) is 14.2 Å². The number of rotatable bonds is 6. The molecule has 1 aromatic heterocycles. The summed E-state index contributed by atoms with van der Waals surface area (Å²) in [4.78, 5) is 0. The Labute approximate surface area is 187 Å². The lowest BCUT2D eigenvalue weighted by Crippen LogP contribution is -2.46. The van der Waals surface area contributed by atoms with E-state index >= 15 is 0 Å². The summed E-state index contributed by atoms with van der Waals surface area (Å²) in [6.07, 6.45) is 6.58. The van der Waals surface area contributed by atoms with Gasteiger partial charge in [0.05, 0.1) is 14.2 Å². The molecule has 0 bridgehead atoms. The molecule has 166 valence electrons. The van der Waals surface area contributed by atoms with Gasteiger partial charge in [-0.15, -0.1) is 0 Å². The third kappa shape index (κ3) is 4.79. The molecule has 0 saturated heterocycles. The van der Waals surface area contributed by atoms with Crippen LogP contribution in [0.2, 0.25) is 0 Å². The standard InChI is InChI=1S/C27H37N2O2/c1-26(2,3)24(20-13-9-11-15-22(20)30-7)28-17-18-29(19-28)25(27(4,5)6)21-14-10-12-16-23(21)31-8/h9-19,24-25H,1-8H3/q+1. The fraction of sp³-hybridized carbons (Fsp3) is 0.444. The van der Waals surface area contributed by atoms with Crippen LogP contribution in [-0.4, -0.2) is 18.8 Å². The fourth-order valence-electron chi connectivity index (χ4n) is 4.62. The number of imidazole rings is 1. The highest BCUT2D eigenvalue weighted by Gasteiger charge is 2.38. The third-order valence-corrected chi connectivity index (χ3v) is 5.78. The van der Waals surface area contributed by atoms with Gasteiger partial charge in [0.1, 0.15) is 36.0 Å². The minimum atomic E-state index is -0.00680. The average Bonchev–Trinajstić information content (AvgIpc) is 3.15. The molecule has 0 saturated carbocycles. The largest absolute Gasteiger partial charge is 0.496 e. The summed E-state index contributed by atoms with van der Waals surface area (Å²) < 4.78 is 16.1. The van der Waals surface area contributed by atoms with Gasteiger partial charge in [-0.05, 0) is 12.1 Å². The molecular formula is C27H37N2O2+. The second-order valence-electron chi connectivity index (χ2n) is 10.3. The van der Waals surface area contributed by atoms with E-state index in [0.29, 0.717) is 0 Å². The number of aromatic nitrogens is 2. The number of nitrogens with zero attached hydrogens (tertiary/aromatic N) is 2. The zero-order valence-corrected chi connectivity index (χ0v) is 20.2. The molecular weight excluding hydrogens is 384 g/mol. The highest BCUT2D eigenvalue weighted by Crippen LogP contribution is 2.41. The Hall–Kier alpha value is -2.75. The zero-order chi connectivity index (χ0) is 22.8. The number of hydrogen-bond donors (Lipinski definition) is 0. The first kappa shape index (κ1) is 22.9. The Kier molecular flexibility index (Phi) is 6.49. The van der Waals surface area contributed by atoms with Crippen molar-refractivity contribution in [2.24, 2.45) is 10.8 Å². The summed E-state index contributed by atoms with van der Waals surface area (Å²) >= 11 is 0. The number of para-hydroxylation sites is 2. The van der Waals surface area contributed by atoms with Gasteiger partial charge < -0.3 is 9.47 Å². The van der Waals surface area contributed by atoms with Crippen molar-refractivity contribution in [2.45, 2.75) is 53.6 Å². The van der Waals surface area contributed by atoms with E-state index in [4.69, 9.17) is 9.47 Å². The van der Waals surface area contributed by atoms with Crippen molar-refractivity contribution in [3.63, 3.8) is 0 Å². The molecule has 1 heterocycles. The number of methoxy groups -OCH3 is 2. The van der Waals surface area contributed by atoms with Gasteiger partial charge in [0.25, 0.3) is 0 Å². The van der Waals surface area contributed by atoms with Crippen LogP contribution in [0.25, 0.3) is 0 Å². The Bertz CT molecular complexity index is 928. The number of hydrogen-bond acceptors (Lipinski definition) is 2. The molecule has 4 heteroatoms. The highest BCUT2D eigenvalue weighted by atomic mass is 16.5. The lowest BCUT2D eigenvalue weighted by Gasteiger charge is -2.30. The van der Waals surface area contributed by atoms with Gasteiger partial charge in [0.2, 0.25) is 6.33 Å². The molecule has 4 nitrogen and oxygen atoms in total. The molecule has 0 radical (unpaired) electrons. The van der Waals surface area contributed by atoms with E-state index in [9.17, 15) is 0 Å². The van der Waals surface area contributed by atoms with Gasteiger partial charge in [0.15, 0.2) is 0 Å². The number of ether oxygens (including phenoxy) is 2. The van der Waals surface area contributed by atoms with Crippen LogP contribution in [0.1, 0.15) is 64.8 Å². The van der Waals surface area contributed by atoms with Crippen molar-refractivity contribution in [3.05, 3.63) is 78.4 Å². The summed E-state index contributed by atoms with van der Waals surface area (Å²) in [5.74, 6) is 1.83. The normalized spacial score (nSPS) is 14.2. The first-order valence-electron chi connectivity index (χ1n) is 10.9. The topological polar surface area (TPSA) is 27.3 Å². The maximum atomic E-state index is 5.71. The first-order valence-corrected chi connectivity index (χ1v) is 10.9. The van der Waals surface area contributed by atoms with Crippen LogP contribution < -0.4 is 14.0 Å². The van der Waals surface area contributed by atoms with Crippen LogP contribution in [0.4, 0.5) is 0 Å². The molecule has 3 aromatic rings. The second kappa shape index (κ2) is 8.78. The second-order valence-corrected chi connectivity index (χ2v) is 10.3. The van der Waals surface area contributed by atoms with Crippen molar-refractivity contribution < 1.29 is 14.0 Å². The van der Waals surface area contributed by atoms with Gasteiger partial charge in [-0.1, -0.05) is 77.9 Å². The average molecular weight is 422 g/mol. The van der Waals surface area contributed by atoms with E-state index < -0.39 is 0 Å². The van der Waals surface area contributed by atoms with E-state index in [1.54, 1.807) is 14.2 Å². The molecule has 0 N–H and O–H groups in total. The van der Waals surface area contributed by atoms with Crippen molar-refractivity contribution in [1.29, 1.82) is 0 Å². The summed E-state index contributed by atoms with van der Waals surface area (Å²) in [7, 11) is 3.48. The van der Waals surface area contributed by atoms with Crippen molar-refractivity contribution >= 4 is 0 Å². The molecule has 2 atom stereocenters. The van der Waals surface area contributed by atoms with E-state index in [1.807, 2.05) is 24.3 Å². The summed E-state index contributed by atoms with van der Waals surface area (Å²) in [6, 6.07) is 16.9. The molecule has 31 heavy (non-hydrogen) atoms. The Morgan fingerprint density at radius 1 is 0.742 bits per heavy atom. The molecule has 0 spiro atoms. The van der Waals surface area contributed by atoms with E-state index in [2.05, 4.69) is 93.7 Å².